The molecule has 0 aromatic carbocycles. The van der Waals surface area contributed by atoms with Gasteiger partial charge in [-0.2, -0.15) is 0 Å². The summed E-state index contributed by atoms with van der Waals surface area (Å²) in [6.07, 6.45) is 1.96. The lowest BCUT2D eigenvalue weighted by molar-refractivity contribution is -0.137. The Hall–Kier alpha value is -3.72. The third-order valence-corrected chi connectivity index (χ3v) is 4.62. The van der Waals surface area contributed by atoms with Crippen molar-refractivity contribution in [2.24, 2.45) is 0 Å². The first-order valence-corrected chi connectivity index (χ1v) is 11.2. The SMILES string of the molecule is COCOC(=O)NCCCCC(NC(=O)OCOC)C(=O)NCCNC(=O)CCN1C(=O)C=CC1=O. The van der Waals surface area contributed by atoms with Crippen LogP contribution >= 0.6 is 0 Å². The second kappa shape index (κ2) is 17.7. The van der Waals surface area contributed by atoms with E-state index in [1.807, 2.05) is 0 Å². The lowest BCUT2D eigenvalue weighted by Crippen LogP contribution is -2.48. The molecule has 1 aliphatic rings. The summed E-state index contributed by atoms with van der Waals surface area (Å²) in [5.74, 6) is -1.83. The van der Waals surface area contributed by atoms with E-state index in [0.29, 0.717) is 19.4 Å². The molecule has 0 saturated carbocycles. The quantitative estimate of drug-likeness (QED) is 0.103. The monoisotopic (exact) mass is 515 g/mol. The zero-order valence-electron chi connectivity index (χ0n) is 20.3. The maximum atomic E-state index is 12.5. The maximum Gasteiger partial charge on any atom is 0.409 e. The van der Waals surface area contributed by atoms with E-state index < -0.39 is 41.9 Å². The number of rotatable bonds is 17. The highest BCUT2D eigenvalue weighted by Crippen LogP contribution is 2.04. The fraction of sp³-hybridized carbons (Fsp3) is 0.619. The highest BCUT2D eigenvalue weighted by Gasteiger charge is 2.24. The van der Waals surface area contributed by atoms with Crippen LogP contribution in [0.3, 0.4) is 0 Å². The van der Waals surface area contributed by atoms with Crippen molar-refractivity contribution < 1.29 is 47.7 Å². The average molecular weight is 516 g/mol. The van der Waals surface area contributed by atoms with Gasteiger partial charge in [-0.25, -0.2) is 9.59 Å². The molecule has 0 fully saturated rings. The minimum atomic E-state index is -0.926. The van der Waals surface area contributed by atoms with E-state index in [1.165, 1.54) is 14.2 Å². The number of imide groups is 1. The number of unbranched alkanes of at least 4 members (excludes halogenated alkanes) is 1. The molecule has 0 aromatic heterocycles. The normalized spacial score (nSPS) is 13.2. The van der Waals surface area contributed by atoms with E-state index in [9.17, 15) is 28.8 Å². The number of carbonyl (C=O) groups is 6. The van der Waals surface area contributed by atoms with Crippen molar-refractivity contribution in [2.75, 3.05) is 54.0 Å². The Balaban J connectivity index is 2.36. The molecule has 0 saturated heterocycles. The van der Waals surface area contributed by atoms with E-state index in [-0.39, 0.29) is 46.1 Å². The van der Waals surface area contributed by atoms with E-state index in [2.05, 4.69) is 35.5 Å². The molecule has 1 aliphatic heterocycles. The van der Waals surface area contributed by atoms with Gasteiger partial charge in [0, 0.05) is 59.0 Å². The van der Waals surface area contributed by atoms with Crippen molar-refractivity contribution >= 4 is 35.8 Å². The summed E-state index contributed by atoms with van der Waals surface area (Å²) in [6.45, 7) is -0.0359. The summed E-state index contributed by atoms with van der Waals surface area (Å²) in [5, 5.41) is 10.1. The van der Waals surface area contributed by atoms with E-state index in [4.69, 9.17) is 4.74 Å². The van der Waals surface area contributed by atoms with Crippen LogP contribution in [0.5, 0.6) is 0 Å². The Labute approximate surface area is 208 Å². The number of carbonyl (C=O) groups excluding carboxylic acids is 6. The topological polar surface area (TPSA) is 191 Å². The molecule has 1 atom stereocenters. The Bertz CT molecular complexity index is 786. The van der Waals surface area contributed by atoms with Gasteiger partial charge in [0.15, 0.2) is 13.6 Å². The molecule has 6 amide bonds. The third kappa shape index (κ3) is 12.7. The molecule has 36 heavy (non-hydrogen) atoms. The first kappa shape index (κ1) is 30.3. The molecular weight excluding hydrogens is 482 g/mol. The van der Waals surface area contributed by atoms with Crippen LogP contribution in [0.4, 0.5) is 9.59 Å². The summed E-state index contributed by atoms with van der Waals surface area (Å²) in [4.78, 5) is 71.6. The average Bonchev–Trinajstić information content (AvgIpc) is 3.18. The molecule has 4 N–H and O–H groups in total. The molecule has 15 heteroatoms. The molecule has 0 aromatic rings. The van der Waals surface area contributed by atoms with Gasteiger partial charge in [0.1, 0.15) is 6.04 Å². The minimum Gasteiger partial charge on any atom is -0.422 e. The number of alkyl carbamates (subject to hydrolysis) is 2. The molecule has 202 valence electrons. The van der Waals surface area contributed by atoms with Crippen molar-refractivity contribution in [3.63, 3.8) is 0 Å². The molecule has 0 radical (unpaired) electrons. The second-order valence-electron chi connectivity index (χ2n) is 7.35. The van der Waals surface area contributed by atoms with Gasteiger partial charge in [0.05, 0.1) is 0 Å². The summed E-state index contributed by atoms with van der Waals surface area (Å²) in [6, 6.07) is -0.926. The van der Waals surface area contributed by atoms with Crippen molar-refractivity contribution in [1.82, 2.24) is 26.2 Å². The highest BCUT2D eigenvalue weighted by molar-refractivity contribution is 6.13. The van der Waals surface area contributed by atoms with Crippen LogP contribution in [0.25, 0.3) is 0 Å². The number of nitrogens with one attached hydrogen (secondary N) is 4. The smallest absolute Gasteiger partial charge is 0.409 e. The van der Waals surface area contributed by atoms with E-state index in [1.54, 1.807) is 0 Å². The van der Waals surface area contributed by atoms with Crippen LogP contribution in [-0.4, -0.2) is 101 Å². The summed E-state index contributed by atoms with van der Waals surface area (Å²) in [7, 11) is 2.73. The van der Waals surface area contributed by atoms with Gasteiger partial charge in [0.2, 0.25) is 11.8 Å². The molecule has 15 nitrogen and oxygen atoms in total. The van der Waals surface area contributed by atoms with E-state index >= 15 is 0 Å². The zero-order chi connectivity index (χ0) is 26.8. The molecule has 0 aliphatic carbocycles. The van der Waals surface area contributed by atoms with Gasteiger partial charge in [0.25, 0.3) is 11.8 Å². The summed E-state index contributed by atoms with van der Waals surface area (Å²) < 4.78 is 18.7. The number of nitrogens with zero attached hydrogens (tertiary/aromatic N) is 1. The Morgan fingerprint density at radius 1 is 0.833 bits per heavy atom. The van der Waals surface area contributed by atoms with Crippen LogP contribution in [-0.2, 0) is 38.1 Å². The zero-order valence-corrected chi connectivity index (χ0v) is 20.3. The first-order valence-electron chi connectivity index (χ1n) is 11.2. The van der Waals surface area contributed by atoms with Crippen molar-refractivity contribution in [3.8, 4) is 0 Å². The maximum absolute atomic E-state index is 12.5. The third-order valence-electron chi connectivity index (χ3n) is 4.62. The molecular formula is C21H33N5O10. The van der Waals surface area contributed by atoms with E-state index in [0.717, 1.165) is 17.1 Å². The molecule has 1 unspecified atom stereocenters. The van der Waals surface area contributed by atoms with Crippen LogP contribution in [0, 0.1) is 0 Å². The van der Waals surface area contributed by atoms with Gasteiger partial charge in [-0.1, -0.05) is 0 Å². The van der Waals surface area contributed by atoms with Gasteiger partial charge < -0.3 is 40.2 Å². The molecule has 1 rings (SSSR count). The van der Waals surface area contributed by atoms with Crippen LogP contribution < -0.4 is 21.3 Å². The van der Waals surface area contributed by atoms with Gasteiger partial charge in [-0.3, -0.25) is 24.1 Å². The number of ether oxygens (including phenoxy) is 4. The predicted octanol–water partition coefficient (Wildman–Crippen LogP) is -1.27. The van der Waals surface area contributed by atoms with Crippen LogP contribution in [0.1, 0.15) is 25.7 Å². The highest BCUT2D eigenvalue weighted by atomic mass is 16.7. The predicted molar refractivity (Wildman–Crippen MR) is 122 cm³/mol. The number of hydrogen-bond acceptors (Lipinski definition) is 10. The second-order valence-corrected chi connectivity index (χ2v) is 7.35. The first-order chi connectivity index (χ1) is 17.3. The van der Waals surface area contributed by atoms with Crippen molar-refractivity contribution in [1.29, 1.82) is 0 Å². The molecule has 0 bridgehead atoms. The molecule has 1 heterocycles. The minimum absolute atomic E-state index is 0.0442. The lowest BCUT2D eigenvalue weighted by atomic mass is 10.1. The van der Waals surface area contributed by atoms with Gasteiger partial charge in [-0.05, 0) is 19.3 Å². The molecule has 0 spiro atoms. The van der Waals surface area contributed by atoms with Crippen molar-refractivity contribution in [3.05, 3.63) is 12.2 Å². The number of amides is 6. The largest absolute Gasteiger partial charge is 0.422 e. The fourth-order valence-corrected chi connectivity index (χ4v) is 2.86. The van der Waals surface area contributed by atoms with Crippen molar-refractivity contribution in [2.45, 2.75) is 31.7 Å². The van der Waals surface area contributed by atoms with Crippen LogP contribution in [0.2, 0.25) is 0 Å². The lowest BCUT2D eigenvalue weighted by Gasteiger charge is -2.18. The summed E-state index contributed by atoms with van der Waals surface area (Å²) in [5.41, 5.74) is 0. The van der Waals surface area contributed by atoms with Gasteiger partial charge in [-0.15, -0.1) is 0 Å². The Kier molecular flexibility index (Phi) is 14.9. The van der Waals surface area contributed by atoms with Gasteiger partial charge >= 0.3 is 12.2 Å². The Morgan fingerprint density at radius 2 is 1.44 bits per heavy atom. The number of hydrogen-bond donors (Lipinski definition) is 4. The summed E-state index contributed by atoms with van der Waals surface area (Å²) >= 11 is 0. The number of methoxy groups -OCH3 is 2. The standard InChI is InChI=1S/C21H33N5O10/c1-33-13-35-20(31)24-9-4-3-5-15(25-21(32)36-14-34-2)19(30)23-11-10-22-16(27)8-12-26-17(28)6-7-18(26)29/h6-7,15H,3-5,8-14H2,1-2H3,(H,22,27)(H,23,30)(H,24,31)(H,25,32). The fourth-order valence-electron chi connectivity index (χ4n) is 2.86. The van der Waals surface area contributed by atoms with Crippen LogP contribution in [0.15, 0.2) is 12.2 Å². The Morgan fingerprint density at radius 3 is 2.08 bits per heavy atom.